The number of carbonyl (C=O) groups is 1. The van der Waals surface area contributed by atoms with Crippen LogP contribution in [-0.4, -0.2) is 69.1 Å². The van der Waals surface area contributed by atoms with Crippen molar-refractivity contribution in [3.8, 4) is 0 Å². The summed E-state index contributed by atoms with van der Waals surface area (Å²) in [6, 6.07) is 0. The van der Waals surface area contributed by atoms with Gasteiger partial charge in [-0.3, -0.25) is 4.79 Å². The summed E-state index contributed by atoms with van der Waals surface area (Å²) >= 11 is 0. The molecule has 0 aromatic rings. The summed E-state index contributed by atoms with van der Waals surface area (Å²) in [5, 5.41) is 46.6. The van der Waals surface area contributed by atoms with Crippen molar-refractivity contribution in [1.29, 1.82) is 0 Å². The van der Waals surface area contributed by atoms with E-state index >= 15 is 0 Å². The van der Waals surface area contributed by atoms with Gasteiger partial charge in [0.2, 0.25) is 0 Å². The number of hydrogen-bond acceptors (Lipinski definition) is 7. The fourth-order valence-corrected chi connectivity index (χ4v) is 2.58. The first-order chi connectivity index (χ1) is 12.0. The molecule has 0 saturated carbocycles. The molecule has 0 saturated heterocycles. The molecule has 0 amide bonds. The number of esters is 1. The van der Waals surface area contributed by atoms with E-state index in [0.717, 1.165) is 19.3 Å². The molecule has 0 aliphatic rings. The third-order valence-electron chi connectivity index (χ3n) is 4.26. The molecule has 0 unspecified atom stereocenters. The second-order valence-electron chi connectivity index (χ2n) is 6.52. The summed E-state index contributed by atoms with van der Waals surface area (Å²) in [7, 11) is 0. The standard InChI is InChI=1S/C18H36O7/c1-2-3-4-5-6-7-8-9-10-11-16(22)25-15(13-20)18(24)17(23)14(21)12-19/h14-15,17-21,23-24H,2-13H2,1H3/t14-,15-,17-,18-/m0/s1. The molecular weight excluding hydrogens is 328 g/mol. The van der Waals surface area contributed by atoms with E-state index in [9.17, 15) is 25.2 Å². The normalized spacial score (nSPS) is 16.2. The predicted octanol–water partition coefficient (Wildman–Crippen LogP) is 0.886. The highest BCUT2D eigenvalue weighted by Gasteiger charge is 2.33. The van der Waals surface area contributed by atoms with Gasteiger partial charge in [-0.25, -0.2) is 0 Å². The molecule has 7 heteroatoms. The molecule has 0 spiro atoms. The summed E-state index contributed by atoms with van der Waals surface area (Å²) < 4.78 is 4.96. The van der Waals surface area contributed by atoms with Gasteiger partial charge in [0, 0.05) is 6.42 Å². The molecule has 0 fully saturated rings. The van der Waals surface area contributed by atoms with Crippen molar-refractivity contribution in [2.24, 2.45) is 0 Å². The second-order valence-corrected chi connectivity index (χ2v) is 6.52. The van der Waals surface area contributed by atoms with E-state index in [1.165, 1.54) is 32.1 Å². The molecule has 5 N–H and O–H groups in total. The number of carbonyl (C=O) groups excluding carboxylic acids is 1. The summed E-state index contributed by atoms with van der Waals surface area (Å²) in [5.74, 6) is -0.563. The van der Waals surface area contributed by atoms with Gasteiger partial charge in [0.1, 0.15) is 18.3 Å². The Hall–Kier alpha value is -0.730. The molecule has 7 nitrogen and oxygen atoms in total. The fraction of sp³-hybridized carbons (Fsp3) is 0.944. The zero-order valence-corrected chi connectivity index (χ0v) is 15.3. The van der Waals surface area contributed by atoms with Crippen LogP contribution in [-0.2, 0) is 9.53 Å². The quantitative estimate of drug-likeness (QED) is 0.203. The highest BCUT2D eigenvalue weighted by atomic mass is 16.6. The van der Waals surface area contributed by atoms with E-state index in [-0.39, 0.29) is 6.42 Å². The number of ether oxygens (including phenoxy) is 1. The third-order valence-corrected chi connectivity index (χ3v) is 4.26. The van der Waals surface area contributed by atoms with Crippen LogP contribution < -0.4 is 0 Å². The van der Waals surface area contributed by atoms with Crippen LogP contribution in [0, 0.1) is 0 Å². The van der Waals surface area contributed by atoms with Gasteiger partial charge in [-0.15, -0.1) is 0 Å². The summed E-state index contributed by atoms with van der Waals surface area (Å²) in [4.78, 5) is 11.7. The van der Waals surface area contributed by atoms with E-state index in [1.807, 2.05) is 0 Å². The number of aliphatic hydroxyl groups is 5. The van der Waals surface area contributed by atoms with Crippen LogP contribution in [0.5, 0.6) is 0 Å². The molecule has 0 radical (unpaired) electrons. The Morgan fingerprint density at radius 2 is 1.32 bits per heavy atom. The van der Waals surface area contributed by atoms with Crippen molar-refractivity contribution in [2.45, 2.75) is 95.5 Å². The van der Waals surface area contributed by atoms with Gasteiger partial charge in [-0.05, 0) is 6.42 Å². The third kappa shape index (κ3) is 11.5. The predicted molar refractivity (Wildman–Crippen MR) is 93.9 cm³/mol. The van der Waals surface area contributed by atoms with Crippen LogP contribution >= 0.6 is 0 Å². The summed E-state index contributed by atoms with van der Waals surface area (Å²) in [5.41, 5.74) is 0. The number of rotatable bonds is 16. The molecule has 150 valence electrons. The van der Waals surface area contributed by atoms with Crippen LogP contribution in [0.25, 0.3) is 0 Å². The Balaban J connectivity index is 3.87. The molecule has 25 heavy (non-hydrogen) atoms. The van der Waals surface area contributed by atoms with Crippen LogP contribution in [0.4, 0.5) is 0 Å². The zero-order valence-electron chi connectivity index (χ0n) is 15.3. The van der Waals surface area contributed by atoms with Crippen LogP contribution in [0.2, 0.25) is 0 Å². The highest BCUT2D eigenvalue weighted by molar-refractivity contribution is 5.69. The first-order valence-corrected chi connectivity index (χ1v) is 9.43. The van der Waals surface area contributed by atoms with Crippen LogP contribution in [0.3, 0.4) is 0 Å². The molecule has 0 aliphatic carbocycles. The molecular formula is C18H36O7. The van der Waals surface area contributed by atoms with Gasteiger partial charge in [0.15, 0.2) is 6.10 Å². The SMILES string of the molecule is CCCCCCCCCCCC(=O)O[C@@H](CO)[C@H](O)[C@@H](O)[C@@H](O)CO. The van der Waals surface area contributed by atoms with Gasteiger partial charge < -0.3 is 30.3 Å². The van der Waals surface area contributed by atoms with Gasteiger partial charge in [-0.2, -0.15) is 0 Å². The lowest BCUT2D eigenvalue weighted by Crippen LogP contribution is -2.48. The Kier molecular flexibility index (Phi) is 15.1. The van der Waals surface area contributed by atoms with Gasteiger partial charge in [-0.1, -0.05) is 58.3 Å². The number of hydrogen-bond donors (Lipinski definition) is 5. The highest BCUT2D eigenvalue weighted by Crippen LogP contribution is 2.13. The maximum absolute atomic E-state index is 11.7. The first-order valence-electron chi connectivity index (χ1n) is 9.43. The lowest BCUT2D eigenvalue weighted by molar-refractivity contribution is -0.171. The Labute approximate surface area is 150 Å². The summed E-state index contributed by atoms with van der Waals surface area (Å²) in [6.07, 6.45) is 3.99. The Morgan fingerprint density at radius 1 is 0.800 bits per heavy atom. The van der Waals surface area contributed by atoms with Crippen LogP contribution in [0.1, 0.15) is 71.1 Å². The maximum atomic E-state index is 11.7. The van der Waals surface area contributed by atoms with Crippen molar-refractivity contribution in [1.82, 2.24) is 0 Å². The van der Waals surface area contributed by atoms with Crippen molar-refractivity contribution in [3.05, 3.63) is 0 Å². The van der Waals surface area contributed by atoms with Gasteiger partial charge in [0.25, 0.3) is 0 Å². The average molecular weight is 364 g/mol. The van der Waals surface area contributed by atoms with E-state index in [1.54, 1.807) is 0 Å². The van der Waals surface area contributed by atoms with Gasteiger partial charge in [0.05, 0.1) is 13.2 Å². The van der Waals surface area contributed by atoms with E-state index in [2.05, 4.69) is 6.92 Å². The topological polar surface area (TPSA) is 127 Å². The first kappa shape index (κ1) is 24.3. The molecule has 0 bridgehead atoms. The van der Waals surface area contributed by atoms with Crippen molar-refractivity contribution >= 4 is 5.97 Å². The van der Waals surface area contributed by atoms with E-state index < -0.39 is 43.6 Å². The average Bonchev–Trinajstić information content (AvgIpc) is 2.62. The fourth-order valence-electron chi connectivity index (χ4n) is 2.58. The van der Waals surface area contributed by atoms with Crippen molar-refractivity contribution < 1.29 is 35.1 Å². The molecule has 4 atom stereocenters. The monoisotopic (exact) mass is 364 g/mol. The Bertz CT molecular complexity index is 325. The molecule has 0 rings (SSSR count). The van der Waals surface area contributed by atoms with E-state index in [4.69, 9.17) is 9.84 Å². The number of unbranched alkanes of at least 4 members (excludes halogenated alkanes) is 8. The lowest BCUT2D eigenvalue weighted by Gasteiger charge is -2.27. The molecule has 0 aromatic carbocycles. The largest absolute Gasteiger partial charge is 0.457 e. The second kappa shape index (κ2) is 15.5. The minimum absolute atomic E-state index is 0.178. The lowest BCUT2D eigenvalue weighted by atomic mass is 10.0. The molecule has 0 aliphatic heterocycles. The minimum atomic E-state index is -1.71. The zero-order chi connectivity index (χ0) is 19.1. The molecule has 0 aromatic heterocycles. The summed E-state index contributed by atoms with van der Waals surface area (Å²) in [6.45, 7) is 0.761. The van der Waals surface area contributed by atoms with Crippen molar-refractivity contribution in [2.75, 3.05) is 13.2 Å². The Morgan fingerprint density at radius 3 is 1.80 bits per heavy atom. The van der Waals surface area contributed by atoms with Gasteiger partial charge >= 0.3 is 5.97 Å². The maximum Gasteiger partial charge on any atom is 0.306 e. The van der Waals surface area contributed by atoms with Crippen LogP contribution in [0.15, 0.2) is 0 Å². The molecule has 0 heterocycles. The van der Waals surface area contributed by atoms with Crippen molar-refractivity contribution in [3.63, 3.8) is 0 Å². The minimum Gasteiger partial charge on any atom is -0.457 e. The smallest absolute Gasteiger partial charge is 0.306 e. The van der Waals surface area contributed by atoms with E-state index in [0.29, 0.717) is 6.42 Å². The number of aliphatic hydroxyl groups excluding tert-OH is 5.